The van der Waals surface area contributed by atoms with E-state index in [0.29, 0.717) is 22.4 Å². The van der Waals surface area contributed by atoms with Crippen molar-refractivity contribution in [2.45, 2.75) is 0 Å². The molecule has 0 saturated heterocycles. The molecule has 0 aliphatic carbocycles. The van der Waals surface area contributed by atoms with Gasteiger partial charge in [0.1, 0.15) is 27.9 Å². The van der Waals surface area contributed by atoms with Gasteiger partial charge in [-0.1, -0.05) is 127 Å². The summed E-state index contributed by atoms with van der Waals surface area (Å²) in [5, 5.41) is 19.4. The normalized spacial score (nSPS) is 10.9. The maximum absolute atomic E-state index is 8.58. The molecule has 0 fully saturated rings. The monoisotopic (exact) mass is 682 g/mol. The number of hydrogen-bond acceptors (Lipinski definition) is 8. The first kappa shape index (κ1) is 32.0. The molecule has 4 aromatic heterocycles. The van der Waals surface area contributed by atoms with Crippen molar-refractivity contribution in [1.82, 2.24) is 19.9 Å². The van der Waals surface area contributed by atoms with E-state index in [9.17, 15) is 0 Å². The SMILES string of the molecule is Clc1nc(Cl)c2oc3ccccc3c2n1.OB(O)c1ccccc1.c1ccc(-c2nc(-c3ccccc3)c3oc4ccccc4c3n2)cc1. The Balaban J connectivity index is 0.000000133. The molecule has 0 aliphatic heterocycles. The summed E-state index contributed by atoms with van der Waals surface area (Å²) in [5.74, 6) is 0.707. The molecular formula is C38H25BCl2N4O4. The molecule has 0 amide bonds. The van der Waals surface area contributed by atoms with Crippen molar-refractivity contribution < 1.29 is 18.9 Å². The van der Waals surface area contributed by atoms with Gasteiger partial charge in [0.25, 0.3) is 0 Å². The van der Waals surface area contributed by atoms with Crippen LogP contribution in [0.2, 0.25) is 10.4 Å². The van der Waals surface area contributed by atoms with Crippen molar-refractivity contribution >= 4 is 79.9 Å². The third-order valence-corrected chi connectivity index (χ3v) is 7.97. The molecule has 5 aromatic carbocycles. The van der Waals surface area contributed by atoms with Gasteiger partial charge < -0.3 is 18.9 Å². The number of aromatic nitrogens is 4. The van der Waals surface area contributed by atoms with Gasteiger partial charge in [0.05, 0.1) is 0 Å². The van der Waals surface area contributed by atoms with Crippen LogP contribution in [0.25, 0.3) is 66.8 Å². The van der Waals surface area contributed by atoms with Crippen LogP contribution in [-0.4, -0.2) is 37.1 Å². The van der Waals surface area contributed by atoms with E-state index in [1.165, 1.54) is 0 Å². The van der Waals surface area contributed by atoms with Crippen LogP contribution in [-0.2, 0) is 0 Å². The third-order valence-electron chi connectivity index (χ3n) is 7.55. The van der Waals surface area contributed by atoms with Crippen molar-refractivity contribution in [1.29, 1.82) is 0 Å². The average molecular weight is 683 g/mol. The minimum atomic E-state index is -1.34. The molecular weight excluding hydrogens is 658 g/mol. The van der Waals surface area contributed by atoms with Crippen molar-refractivity contribution in [3.05, 3.63) is 150 Å². The van der Waals surface area contributed by atoms with Crippen LogP contribution in [0.3, 0.4) is 0 Å². The van der Waals surface area contributed by atoms with Crippen molar-refractivity contribution in [2.24, 2.45) is 0 Å². The van der Waals surface area contributed by atoms with Crippen LogP contribution >= 0.6 is 23.2 Å². The van der Waals surface area contributed by atoms with Crippen LogP contribution in [0.4, 0.5) is 0 Å². The lowest BCUT2D eigenvalue weighted by Crippen LogP contribution is -2.29. The fraction of sp³-hybridized carbons (Fsp3) is 0. The quantitative estimate of drug-likeness (QED) is 0.108. The lowest BCUT2D eigenvalue weighted by molar-refractivity contribution is 0.426. The van der Waals surface area contributed by atoms with Gasteiger partial charge in [-0.3, -0.25) is 0 Å². The largest absolute Gasteiger partial charge is 0.488 e. The van der Waals surface area contributed by atoms with Gasteiger partial charge in [0, 0.05) is 21.9 Å². The average Bonchev–Trinajstić information content (AvgIpc) is 3.72. The molecule has 0 spiro atoms. The number of furan rings is 2. The summed E-state index contributed by atoms with van der Waals surface area (Å²) < 4.78 is 11.6. The second-order valence-electron chi connectivity index (χ2n) is 10.7. The first-order valence-corrected chi connectivity index (χ1v) is 15.9. The standard InChI is InChI=1S/C22H14N2O.C10H4Cl2N2O.C6H7BO2/c1-3-9-15(10-4-1)19-21-20(17-13-7-8-14-18(17)25-21)24-22(23-19)16-11-5-2-6-12-16;11-9-8-7(13-10(12)14-9)5-3-1-2-4-6(5)15-8;8-7(9)6-4-2-1-3-5-6/h1-14H;1-4H;1-5,8-9H. The molecule has 0 atom stereocenters. The van der Waals surface area contributed by atoms with E-state index in [4.69, 9.17) is 52.1 Å². The van der Waals surface area contributed by atoms with Gasteiger partial charge in [0.2, 0.25) is 5.28 Å². The van der Waals surface area contributed by atoms with E-state index in [1.54, 1.807) is 24.3 Å². The first-order valence-electron chi connectivity index (χ1n) is 15.2. The highest BCUT2D eigenvalue weighted by atomic mass is 35.5. The Bertz CT molecular complexity index is 2510. The zero-order valence-electron chi connectivity index (χ0n) is 25.6. The molecule has 238 valence electrons. The molecule has 8 nitrogen and oxygen atoms in total. The highest BCUT2D eigenvalue weighted by Crippen LogP contribution is 2.35. The number of nitrogens with zero attached hydrogens (tertiary/aromatic N) is 4. The van der Waals surface area contributed by atoms with Crippen LogP contribution in [0.15, 0.2) is 148 Å². The number of para-hydroxylation sites is 2. The molecule has 49 heavy (non-hydrogen) atoms. The van der Waals surface area contributed by atoms with Crippen LogP contribution in [0.5, 0.6) is 0 Å². The lowest BCUT2D eigenvalue weighted by atomic mass is 9.81. The smallest absolute Gasteiger partial charge is 0.452 e. The van der Waals surface area contributed by atoms with E-state index < -0.39 is 7.12 Å². The van der Waals surface area contributed by atoms with Crippen LogP contribution in [0, 0.1) is 0 Å². The van der Waals surface area contributed by atoms with Gasteiger partial charge in [-0.2, -0.15) is 0 Å². The van der Waals surface area contributed by atoms with Gasteiger partial charge >= 0.3 is 7.12 Å². The van der Waals surface area contributed by atoms with E-state index in [0.717, 1.165) is 49.9 Å². The van der Waals surface area contributed by atoms with Crippen molar-refractivity contribution in [2.75, 3.05) is 0 Å². The zero-order chi connectivity index (χ0) is 33.7. The Hall–Kier alpha value is -5.58. The van der Waals surface area contributed by atoms with E-state index in [1.807, 2.05) is 115 Å². The summed E-state index contributed by atoms with van der Waals surface area (Å²) in [7, 11) is -1.34. The molecule has 0 radical (unpaired) electrons. The van der Waals surface area contributed by atoms with E-state index in [2.05, 4.69) is 9.97 Å². The Kier molecular flexibility index (Phi) is 9.32. The molecule has 11 heteroatoms. The number of benzene rings is 5. The molecule has 2 N–H and O–H groups in total. The zero-order valence-corrected chi connectivity index (χ0v) is 27.1. The van der Waals surface area contributed by atoms with E-state index >= 15 is 0 Å². The van der Waals surface area contributed by atoms with Gasteiger partial charge in [0.15, 0.2) is 22.1 Å². The van der Waals surface area contributed by atoms with Gasteiger partial charge in [-0.05, 0) is 41.3 Å². The fourth-order valence-electron chi connectivity index (χ4n) is 5.26. The summed E-state index contributed by atoms with van der Waals surface area (Å²) in [6, 6.07) is 44.3. The number of hydrogen-bond donors (Lipinski definition) is 2. The number of fused-ring (bicyclic) bond motifs is 6. The van der Waals surface area contributed by atoms with Crippen LogP contribution in [0.1, 0.15) is 0 Å². The van der Waals surface area contributed by atoms with E-state index in [-0.39, 0.29) is 10.4 Å². The Labute approximate surface area is 290 Å². The Morgan fingerprint density at radius 3 is 1.55 bits per heavy atom. The summed E-state index contributed by atoms with van der Waals surface area (Å²) in [5.41, 5.74) is 7.62. The molecule has 4 heterocycles. The molecule has 9 rings (SSSR count). The minimum Gasteiger partial charge on any atom is -0.452 e. The van der Waals surface area contributed by atoms with Gasteiger partial charge in [-0.15, -0.1) is 0 Å². The Morgan fingerprint density at radius 1 is 0.490 bits per heavy atom. The number of halogens is 2. The van der Waals surface area contributed by atoms with Gasteiger partial charge in [-0.25, -0.2) is 19.9 Å². The lowest BCUT2D eigenvalue weighted by Gasteiger charge is -2.05. The summed E-state index contributed by atoms with van der Waals surface area (Å²) in [6.45, 7) is 0. The topological polar surface area (TPSA) is 118 Å². The predicted octanol–water partition coefficient (Wildman–Crippen LogP) is 8.76. The second-order valence-corrected chi connectivity index (χ2v) is 11.4. The highest BCUT2D eigenvalue weighted by molar-refractivity contribution is 6.58. The first-order chi connectivity index (χ1) is 24.0. The maximum atomic E-state index is 8.58. The summed E-state index contributed by atoms with van der Waals surface area (Å²) in [4.78, 5) is 17.6. The summed E-state index contributed by atoms with van der Waals surface area (Å²) in [6.07, 6.45) is 0. The minimum absolute atomic E-state index is 0.124. The van der Waals surface area contributed by atoms with Crippen molar-refractivity contribution in [3.8, 4) is 22.6 Å². The highest BCUT2D eigenvalue weighted by Gasteiger charge is 2.18. The fourth-order valence-corrected chi connectivity index (χ4v) is 5.68. The third kappa shape index (κ3) is 6.87. The molecule has 9 aromatic rings. The predicted molar refractivity (Wildman–Crippen MR) is 196 cm³/mol. The van der Waals surface area contributed by atoms with Crippen LogP contribution < -0.4 is 5.46 Å². The Morgan fingerprint density at radius 2 is 0.980 bits per heavy atom. The molecule has 0 unspecified atom stereocenters. The maximum Gasteiger partial charge on any atom is 0.488 e. The molecule has 0 bridgehead atoms. The van der Waals surface area contributed by atoms with Crippen molar-refractivity contribution in [3.63, 3.8) is 0 Å². The molecule has 0 saturated carbocycles. The second kappa shape index (κ2) is 14.3. The summed E-state index contributed by atoms with van der Waals surface area (Å²) >= 11 is 11.6. The number of rotatable bonds is 3. The molecule has 0 aliphatic rings.